The van der Waals surface area contributed by atoms with Crippen molar-refractivity contribution < 1.29 is 9.90 Å². The van der Waals surface area contributed by atoms with E-state index in [1.54, 1.807) is 6.08 Å². The Labute approximate surface area is 159 Å². The van der Waals surface area contributed by atoms with Gasteiger partial charge in [0, 0.05) is 37.3 Å². The smallest absolute Gasteiger partial charge is 0.328 e. The molecular weight excluding hydrogens is 348 g/mol. The Morgan fingerprint density at radius 3 is 2.42 bits per heavy atom. The van der Waals surface area contributed by atoms with Crippen LogP contribution in [0.25, 0.3) is 6.08 Å². The van der Waals surface area contributed by atoms with Crippen LogP contribution in [0, 0.1) is 0 Å². The van der Waals surface area contributed by atoms with Crippen LogP contribution >= 0.6 is 11.6 Å². The summed E-state index contributed by atoms with van der Waals surface area (Å²) in [5, 5.41) is 9.60. The van der Waals surface area contributed by atoms with Gasteiger partial charge >= 0.3 is 5.97 Å². The van der Waals surface area contributed by atoms with Crippen LogP contribution in [-0.4, -0.2) is 54.1 Å². The highest BCUT2D eigenvalue weighted by molar-refractivity contribution is 6.30. The molecule has 0 saturated carbocycles. The molecule has 0 bridgehead atoms. The highest BCUT2D eigenvalue weighted by atomic mass is 35.5. The summed E-state index contributed by atoms with van der Waals surface area (Å²) in [6.07, 6.45) is 2.81. The van der Waals surface area contributed by atoms with Crippen LogP contribution in [0.15, 0.2) is 54.6 Å². The second-order valence-corrected chi connectivity index (χ2v) is 7.07. The average Bonchev–Trinajstić information content (AvgIpc) is 2.64. The van der Waals surface area contributed by atoms with Crippen molar-refractivity contribution in [1.82, 2.24) is 9.80 Å². The molecule has 5 heteroatoms. The van der Waals surface area contributed by atoms with E-state index in [1.165, 1.54) is 11.6 Å². The maximum atomic E-state index is 10.8. The average molecular weight is 371 g/mol. The number of hydrogen-bond acceptors (Lipinski definition) is 3. The van der Waals surface area contributed by atoms with Crippen molar-refractivity contribution in [3.05, 3.63) is 76.3 Å². The minimum absolute atomic E-state index is 0.124. The van der Waals surface area contributed by atoms with Crippen molar-refractivity contribution in [2.75, 3.05) is 33.2 Å². The van der Waals surface area contributed by atoms with Gasteiger partial charge in [-0.15, -0.1) is 0 Å². The molecule has 1 fully saturated rings. The van der Waals surface area contributed by atoms with Gasteiger partial charge in [0.15, 0.2) is 0 Å². The first-order chi connectivity index (χ1) is 12.5. The lowest BCUT2D eigenvalue weighted by Gasteiger charge is -2.38. The van der Waals surface area contributed by atoms with Crippen molar-refractivity contribution in [3.63, 3.8) is 0 Å². The van der Waals surface area contributed by atoms with Gasteiger partial charge in [-0.2, -0.15) is 0 Å². The zero-order valence-corrected chi connectivity index (χ0v) is 15.6. The minimum Gasteiger partial charge on any atom is -0.478 e. The summed E-state index contributed by atoms with van der Waals surface area (Å²) in [4.78, 5) is 15.6. The topological polar surface area (TPSA) is 43.8 Å². The normalized spacial score (nSPS) is 17.5. The second-order valence-electron chi connectivity index (χ2n) is 6.64. The maximum absolute atomic E-state index is 10.8. The summed E-state index contributed by atoms with van der Waals surface area (Å²) in [6, 6.07) is 16.2. The predicted octanol–water partition coefficient (Wildman–Crippen LogP) is 3.77. The van der Waals surface area contributed by atoms with E-state index in [4.69, 9.17) is 16.7 Å². The number of halogens is 1. The predicted molar refractivity (Wildman–Crippen MR) is 105 cm³/mol. The summed E-state index contributed by atoms with van der Waals surface area (Å²) in [5.41, 5.74) is 3.24. The van der Waals surface area contributed by atoms with Gasteiger partial charge in [0.2, 0.25) is 0 Å². The number of rotatable bonds is 5. The Morgan fingerprint density at radius 2 is 1.77 bits per heavy atom. The maximum Gasteiger partial charge on any atom is 0.328 e. The Morgan fingerprint density at radius 1 is 1.08 bits per heavy atom. The van der Waals surface area contributed by atoms with Gasteiger partial charge in [-0.25, -0.2) is 4.79 Å². The van der Waals surface area contributed by atoms with Crippen LogP contribution < -0.4 is 0 Å². The van der Waals surface area contributed by atoms with Crippen molar-refractivity contribution >= 4 is 23.6 Å². The molecule has 2 aromatic carbocycles. The molecule has 1 unspecified atom stereocenters. The highest BCUT2D eigenvalue weighted by Crippen LogP contribution is 2.31. The van der Waals surface area contributed by atoms with Gasteiger partial charge in [0.1, 0.15) is 0 Å². The fourth-order valence-corrected chi connectivity index (χ4v) is 3.47. The van der Waals surface area contributed by atoms with Crippen molar-refractivity contribution in [2.24, 2.45) is 0 Å². The molecule has 0 spiro atoms. The van der Waals surface area contributed by atoms with Gasteiger partial charge < -0.3 is 10.0 Å². The zero-order valence-electron chi connectivity index (χ0n) is 14.8. The summed E-state index contributed by atoms with van der Waals surface area (Å²) < 4.78 is 0. The van der Waals surface area contributed by atoms with Crippen LogP contribution in [0.4, 0.5) is 0 Å². The number of aliphatic carboxylic acids is 1. The number of carboxylic acid groups (broad SMARTS) is 1. The third-order valence-electron chi connectivity index (χ3n) is 4.73. The molecule has 0 amide bonds. The second kappa shape index (κ2) is 8.49. The molecule has 4 nitrogen and oxygen atoms in total. The monoisotopic (exact) mass is 370 g/mol. The van der Waals surface area contributed by atoms with Crippen LogP contribution in [0.1, 0.15) is 22.7 Å². The number of piperazine rings is 1. The van der Waals surface area contributed by atoms with E-state index in [0.717, 1.165) is 42.3 Å². The van der Waals surface area contributed by atoms with Crippen molar-refractivity contribution in [3.8, 4) is 0 Å². The molecule has 1 saturated heterocycles. The number of hydrogen-bond donors (Lipinski definition) is 1. The third kappa shape index (κ3) is 4.73. The van der Waals surface area contributed by atoms with E-state index in [1.807, 2.05) is 24.3 Å². The molecule has 1 atom stereocenters. The van der Waals surface area contributed by atoms with E-state index < -0.39 is 5.97 Å². The Bertz CT molecular complexity index is 781. The zero-order chi connectivity index (χ0) is 18.5. The molecule has 1 aliphatic heterocycles. The van der Waals surface area contributed by atoms with Crippen LogP contribution in [0.5, 0.6) is 0 Å². The largest absolute Gasteiger partial charge is 0.478 e. The number of benzene rings is 2. The summed E-state index contributed by atoms with van der Waals surface area (Å²) in [5.74, 6) is -0.941. The fraction of sp³-hybridized carbons (Fsp3) is 0.286. The van der Waals surface area contributed by atoms with Crippen molar-refractivity contribution in [1.29, 1.82) is 0 Å². The molecule has 0 aromatic heterocycles. The molecule has 3 rings (SSSR count). The third-order valence-corrected chi connectivity index (χ3v) is 4.99. The lowest BCUT2D eigenvalue weighted by atomic mass is 9.95. The number of carboxylic acids is 1. The Kier molecular flexibility index (Phi) is 6.09. The Hall–Kier alpha value is -2.14. The lowest BCUT2D eigenvalue weighted by Crippen LogP contribution is -2.46. The quantitative estimate of drug-likeness (QED) is 0.813. The molecule has 26 heavy (non-hydrogen) atoms. The summed E-state index contributed by atoms with van der Waals surface area (Å²) in [7, 11) is 2.14. The summed E-state index contributed by atoms with van der Waals surface area (Å²) in [6.45, 7) is 4.03. The molecule has 0 aliphatic carbocycles. The SMILES string of the molecule is CN1CCN(C(c2ccc(Cl)cc2)c2cccc(/C=C/C(=O)O)c2)CC1. The molecule has 2 aromatic rings. The molecule has 1 aliphatic rings. The standard InChI is InChI=1S/C21H23ClN2O2/c1-23-11-13-24(14-12-23)21(17-6-8-19(22)9-7-17)18-4-2-3-16(15-18)5-10-20(25)26/h2-10,15,21H,11-14H2,1H3,(H,25,26)/b10-5+. The first-order valence-corrected chi connectivity index (χ1v) is 9.10. The van der Waals surface area contributed by atoms with Crippen molar-refractivity contribution in [2.45, 2.75) is 6.04 Å². The number of likely N-dealkylation sites (N-methyl/N-ethyl adjacent to an activating group) is 1. The van der Waals surface area contributed by atoms with E-state index in [2.05, 4.69) is 41.1 Å². The van der Waals surface area contributed by atoms with Crippen LogP contribution in [0.3, 0.4) is 0 Å². The van der Waals surface area contributed by atoms with Gasteiger partial charge in [-0.3, -0.25) is 4.90 Å². The van der Waals surface area contributed by atoms with E-state index in [0.29, 0.717) is 0 Å². The van der Waals surface area contributed by atoms with Gasteiger partial charge in [-0.1, -0.05) is 41.9 Å². The number of carbonyl (C=O) groups is 1. The van der Waals surface area contributed by atoms with Gasteiger partial charge in [-0.05, 0) is 48.0 Å². The highest BCUT2D eigenvalue weighted by Gasteiger charge is 2.25. The molecule has 1 heterocycles. The minimum atomic E-state index is -0.941. The molecule has 0 radical (unpaired) electrons. The molecule has 1 N–H and O–H groups in total. The van der Waals surface area contributed by atoms with Crippen LogP contribution in [0.2, 0.25) is 5.02 Å². The first kappa shape index (κ1) is 18.6. The van der Waals surface area contributed by atoms with E-state index in [9.17, 15) is 4.79 Å². The number of nitrogens with zero attached hydrogens (tertiary/aromatic N) is 2. The molecular formula is C21H23ClN2O2. The first-order valence-electron chi connectivity index (χ1n) is 8.72. The van der Waals surface area contributed by atoms with E-state index in [-0.39, 0.29) is 6.04 Å². The Balaban J connectivity index is 1.96. The summed E-state index contributed by atoms with van der Waals surface area (Å²) >= 11 is 6.08. The lowest BCUT2D eigenvalue weighted by molar-refractivity contribution is -0.131. The van der Waals surface area contributed by atoms with Gasteiger partial charge in [0.25, 0.3) is 0 Å². The van der Waals surface area contributed by atoms with E-state index >= 15 is 0 Å². The fourth-order valence-electron chi connectivity index (χ4n) is 3.34. The van der Waals surface area contributed by atoms with Gasteiger partial charge in [0.05, 0.1) is 6.04 Å². The molecule has 136 valence electrons. The van der Waals surface area contributed by atoms with Crippen LogP contribution in [-0.2, 0) is 4.79 Å².